The van der Waals surface area contributed by atoms with Gasteiger partial charge in [0.15, 0.2) is 11.6 Å². The van der Waals surface area contributed by atoms with Crippen LogP contribution >= 0.6 is 0 Å². The molecule has 0 aromatic heterocycles. The highest BCUT2D eigenvalue weighted by atomic mass is 16.8. The first-order valence-electron chi connectivity index (χ1n) is 12.7. The van der Waals surface area contributed by atoms with Gasteiger partial charge in [-0.2, -0.15) is 0 Å². The Bertz CT molecular complexity index is 789. The highest BCUT2D eigenvalue weighted by Crippen LogP contribution is 2.76. The summed E-state index contributed by atoms with van der Waals surface area (Å²) in [7, 11) is 0. The van der Waals surface area contributed by atoms with Crippen molar-refractivity contribution in [3.63, 3.8) is 0 Å². The van der Waals surface area contributed by atoms with Crippen LogP contribution < -0.4 is 0 Å². The van der Waals surface area contributed by atoms with Gasteiger partial charge in [0.25, 0.3) is 0 Å². The first-order chi connectivity index (χ1) is 14.7. The predicted octanol–water partition coefficient (Wildman–Crippen LogP) is 3.40. The van der Waals surface area contributed by atoms with Crippen molar-refractivity contribution in [3.8, 4) is 0 Å². The minimum Gasteiger partial charge on any atom is -0.384 e. The maximum Gasteiger partial charge on any atom is 0.195 e. The third-order valence-electron chi connectivity index (χ3n) is 11.6. The number of rotatable bonds is 1. The zero-order valence-electron chi connectivity index (χ0n) is 19.3. The van der Waals surface area contributed by atoms with Gasteiger partial charge in [-0.3, -0.25) is 0 Å². The van der Waals surface area contributed by atoms with Crippen molar-refractivity contribution in [3.05, 3.63) is 0 Å². The largest absolute Gasteiger partial charge is 0.384 e. The Morgan fingerprint density at radius 1 is 0.742 bits per heavy atom. The first kappa shape index (κ1) is 20.2. The molecule has 7 rings (SSSR count). The molecule has 6 heteroatoms. The van der Waals surface area contributed by atoms with Crippen LogP contribution in [0.15, 0.2) is 0 Å². The van der Waals surface area contributed by atoms with Crippen LogP contribution in [0.4, 0.5) is 0 Å². The molecule has 0 bridgehead atoms. The van der Waals surface area contributed by atoms with Crippen LogP contribution in [0.2, 0.25) is 0 Å². The van der Waals surface area contributed by atoms with Crippen LogP contribution in [0.5, 0.6) is 0 Å². The Morgan fingerprint density at radius 3 is 2.13 bits per heavy atom. The molecule has 1 N–H and O–H groups in total. The molecule has 0 amide bonds. The zero-order chi connectivity index (χ0) is 21.3. The van der Waals surface area contributed by atoms with Gasteiger partial charge >= 0.3 is 0 Å². The van der Waals surface area contributed by atoms with Crippen molar-refractivity contribution >= 4 is 0 Å². The fourth-order valence-electron chi connectivity index (χ4n) is 9.88. The molecule has 0 radical (unpaired) electrons. The Labute approximate surface area is 185 Å². The molecule has 3 aliphatic heterocycles. The van der Waals surface area contributed by atoms with E-state index >= 15 is 0 Å². The molecule has 2 spiro atoms. The van der Waals surface area contributed by atoms with E-state index < -0.39 is 17.2 Å². The van der Waals surface area contributed by atoms with Crippen LogP contribution in [0.1, 0.15) is 72.1 Å². The molecule has 3 saturated heterocycles. The number of aliphatic hydroxyl groups is 1. The number of ether oxygens (including phenoxy) is 5. The minimum absolute atomic E-state index is 0.0664. The third kappa shape index (κ3) is 2.17. The topological polar surface area (TPSA) is 69.7 Å². The van der Waals surface area contributed by atoms with E-state index in [1.165, 1.54) is 0 Å². The average molecular weight is 435 g/mol. The van der Waals surface area contributed by atoms with E-state index in [4.69, 9.17) is 23.7 Å². The lowest BCUT2D eigenvalue weighted by Gasteiger charge is -2.61. The standard InChI is InChI=1S/C25H38O6/c1-20-8-9-23(29-12-13-30-23)15-24(20)19(31-24)14-16-17(20)4-6-21(2)18(16)5-7-25(21,26)22(3)27-10-11-28-22/h16-19,26H,4-15H2,1-3H3. The Kier molecular flexibility index (Phi) is 3.82. The quantitative estimate of drug-likeness (QED) is 0.638. The molecular weight excluding hydrogens is 396 g/mol. The molecule has 0 aromatic rings. The highest BCUT2D eigenvalue weighted by molar-refractivity contribution is 5.27. The Morgan fingerprint density at radius 2 is 1.39 bits per heavy atom. The summed E-state index contributed by atoms with van der Waals surface area (Å²) in [6, 6.07) is 0. The minimum atomic E-state index is -0.922. The molecule has 7 fully saturated rings. The van der Waals surface area contributed by atoms with Crippen molar-refractivity contribution in [2.24, 2.45) is 28.6 Å². The maximum absolute atomic E-state index is 12.1. The van der Waals surface area contributed by atoms with Crippen LogP contribution in [0.25, 0.3) is 0 Å². The molecule has 174 valence electrons. The normalized spacial score (nSPS) is 58.5. The Balaban J connectivity index is 1.21. The van der Waals surface area contributed by atoms with E-state index in [2.05, 4.69) is 13.8 Å². The smallest absolute Gasteiger partial charge is 0.195 e. The van der Waals surface area contributed by atoms with Crippen molar-refractivity contribution in [2.75, 3.05) is 26.4 Å². The lowest BCUT2D eigenvalue weighted by molar-refractivity contribution is -0.301. The van der Waals surface area contributed by atoms with E-state index in [-0.39, 0.29) is 16.4 Å². The molecular formula is C25H38O6. The van der Waals surface area contributed by atoms with Gasteiger partial charge in [-0.05, 0) is 63.2 Å². The van der Waals surface area contributed by atoms with Gasteiger partial charge in [-0.15, -0.1) is 0 Å². The summed E-state index contributed by atoms with van der Waals surface area (Å²) in [5.41, 5.74) is -0.989. The lowest BCUT2D eigenvalue weighted by atomic mass is 9.43. The zero-order valence-corrected chi connectivity index (χ0v) is 19.3. The van der Waals surface area contributed by atoms with Crippen molar-refractivity contribution in [1.29, 1.82) is 0 Å². The van der Waals surface area contributed by atoms with E-state index in [1.807, 2.05) is 6.92 Å². The lowest BCUT2D eigenvalue weighted by Crippen LogP contribution is -2.65. The fraction of sp³-hybridized carbons (Fsp3) is 1.00. The van der Waals surface area contributed by atoms with Gasteiger partial charge in [0.1, 0.15) is 11.2 Å². The van der Waals surface area contributed by atoms with Gasteiger partial charge in [-0.1, -0.05) is 13.8 Å². The fourth-order valence-corrected chi connectivity index (χ4v) is 9.88. The third-order valence-corrected chi connectivity index (χ3v) is 11.6. The second kappa shape index (κ2) is 5.87. The molecule has 4 aliphatic carbocycles. The highest BCUT2D eigenvalue weighted by Gasteiger charge is 2.80. The van der Waals surface area contributed by atoms with Crippen molar-refractivity contribution < 1.29 is 28.8 Å². The summed E-state index contributed by atoms with van der Waals surface area (Å²) >= 11 is 0. The second-order valence-electron chi connectivity index (χ2n) is 12.3. The number of epoxide rings is 1. The maximum atomic E-state index is 12.1. The summed E-state index contributed by atoms with van der Waals surface area (Å²) in [6.07, 6.45) is 8.44. The van der Waals surface area contributed by atoms with Gasteiger partial charge < -0.3 is 28.8 Å². The molecule has 8 atom stereocenters. The van der Waals surface area contributed by atoms with E-state index in [0.29, 0.717) is 50.3 Å². The van der Waals surface area contributed by atoms with Crippen molar-refractivity contribution in [1.82, 2.24) is 0 Å². The van der Waals surface area contributed by atoms with E-state index in [0.717, 1.165) is 51.4 Å². The molecule has 0 aromatic carbocycles. The summed E-state index contributed by atoms with van der Waals surface area (Å²) in [4.78, 5) is 0. The summed E-state index contributed by atoms with van der Waals surface area (Å²) in [5.74, 6) is 0.459. The average Bonchev–Trinajstić information content (AvgIpc) is 3.07. The molecule has 6 nitrogen and oxygen atoms in total. The first-order valence-corrected chi connectivity index (χ1v) is 12.7. The summed E-state index contributed by atoms with van der Waals surface area (Å²) in [6.45, 7) is 9.38. The molecule has 8 unspecified atom stereocenters. The second-order valence-corrected chi connectivity index (χ2v) is 12.3. The van der Waals surface area contributed by atoms with Crippen LogP contribution in [0.3, 0.4) is 0 Å². The van der Waals surface area contributed by atoms with E-state index in [9.17, 15) is 5.11 Å². The number of fused-ring (bicyclic) bond motifs is 4. The van der Waals surface area contributed by atoms with Gasteiger partial charge in [0.2, 0.25) is 0 Å². The summed E-state index contributed by atoms with van der Waals surface area (Å²) < 4.78 is 31.0. The molecule has 4 saturated carbocycles. The van der Waals surface area contributed by atoms with Crippen LogP contribution in [-0.4, -0.2) is 60.4 Å². The van der Waals surface area contributed by atoms with Crippen molar-refractivity contribution in [2.45, 2.75) is 101 Å². The van der Waals surface area contributed by atoms with Gasteiger partial charge in [-0.25, -0.2) is 0 Å². The van der Waals surface area contributed by atoms with Gasteiger partial charge in [0, 0.05) is 23.7 Å². The molecule has 7 aliphatic rings. The number of hydrogen-bond acceptors (Lipinski definition) is 6. The number of hydrogen-bond donors (Lipinski definition) is 1. The molecule has 3 heterocycles. The SMILES string of the molecule is CC1(C2(O)CCC3C4CC5OC56CC5(CCC6(C)C4CCC32C)OCCO5)OCCO1. The van der Waals surface area contributed by atoms with Crippen LogP contribution in [0, 0.1) is 28.6 Å². The molecule has 31 heavy (non-hydrogen) atoms. The predicted molar refractivity (Wildman–Crippen MR) is 111 cm³/mol. The summed E-state index contributed by atoms with van der Waals surface area (Å²) in [5, 5.41) is 12.1. The van der Waals surface area contributed by atoms with Gasteiger partial charge in [0.05, 0.1) is 32.5 Å². The van der Waals surface area contributed by atoms with Crippen LogP contribution in [-0.2, 0) is 23.7 Å². The Hall–Kier alpha value is -0.240. The van der Waals surface area contributed by atoms with E-state index in [1.54, 1.807) is 0 Å². The monoisotopic (exact) mass is 434 g/mol.